The molecule has 100 valence electrons. The molecule has 17 heavy (non-hydrogen) atoms. The summed E-state index contributed by atoms with van der Waals surface area (Å²) in [4.78, 5) is 2.43. The zero-order chi connectivity index (χ0) is 12.5. The molecular weight excluding hydrogens is 208 g/mol. The summed E-state index contributed by atoms with van der Waals surface area (Å²) in [6.07, 6.45) is 10.9. The lowest BCUT2D eigenvalue weighted by Crippen LogP contribution is -2.59. The van der Waals surface area contributed by atoms with Gasteiger partial charge in [-0.2, -0.15) is 0 Å². The Bertz CT molecular complexity index is 235. The SMILES string of the molecule is CC1CCC(C(N)C2(N(C)C)CCCC2)CC1. The molecule has 0 aliphatic heterocycles. The minimum Gasteiger partial charge on any atom is -0.326 e. The van der Waals surface area contributed by atoms with E-state index in [1.807, 2.05) is 0 Å². The largest absolute Gasteiger partial charge is 0.326 e. The molecule has 2 heteroatoms. The molecule has 2 rings (SSSR count). The molecule has 1 atom stereocenters. The summed E-state index contributed by atoms with van der Waals surface area (Å²) in [5.74, 6) is 1.70. The number of hydrogen-bond donors (Lipinski definition) is 1. The van der Waals surface area contributed by atoms with Gasteiger partial charge in [0.25, 0.3) is 0 Å². The van der Waals surface area contributed by atoms with Gasteiger partial charge in [0.2, 0.25) is 0 Å². The fraction of sp³-hybridized carbons (Fsp3) is 1.00. The highest BCUT2D eigenvalue weighted by Gasteiger charge is 2.44. The first-order chi connectivity index (χ1) is 8.06. The number of nitrogens with two attached hydrogens (primary N) is 1. The van der Waals surface area contributed by atoms with Gasteiger partial charge in [-0.25, -0.2) is 0 Å². The Morgan fingerprint density at radius 3 is 2.06 bits per heavy atom. The number of rotatable bonds is 3. The van der Waals surface area contributed by atoms with Crippen molar-refractivity contribution in [3.63, 3.8) is 0 Å². The van der Waals surface area contributed by atoms with Crippen LogP contribution < -0.4 is 5.73 Å². The van der Waals surface area contributed by atoms with E-state index >= 15 is 0 Å². The van der Waals surface area contributed by atoms with Crippen molar-refractivity contribution in [2.75, 3.05) is 14.1 Å². The maximum absolute atomic E-state index is 6.69. The van der Waals surface area contributed by atoms with Crippen LogP contribution in [0.5, 0.6) is 0 Å². The first kappa shape index (κ1) is 13.4. The monoisotopic (exact) mass is 238 g/mol. The van der Waals surface area contributed by atoms with E-state index in [-0.39, 0.29) is 0 Å². The van der Waals surface area contributed by atoms with Crippen LogP contribution in [0.15, 0.2) is 0 Å². The van der Waals surface area contributed by atoms with E-state index in [2.05, 4.69) is 25.9 Å². The molecule has 1 unspecified atom stereocenters. The molecule has 2 aliphatic carbocycles. The highest BCUT2D eigenvalue weighted by molar-refractivity contribution is 5.03. The van der Waals surface area contributed by atoms with Crippen molar-refractivity contribution >= 4 is 0 Å². The fourth-order valence-corrected chi connectivity index (χ4v) is 4.15. The molecule has 2 saturated carbocycles. The Kier molecular flexibility index (Phi) is 4.14. The first-order valence-corrected chi connectivity index (χ1v) is 7.49. The molecule has 0 radical (unpaired) electrons. The summed E-state index contributed by atoms with van der Waals surface area (Å²) in [5.41, 5.74) is 7.00. The van der Waals surface area contributed by atoms with Crippen molar-refractivity contribution in [2.45, 2.75) is 69.9 Å². The molecule has 0 spiro atoms. The van der Waals surface area contributed by atoms with Gasteiger partial charge in [-0.15, -0.1) is 0 Å². The van der Waals surface area contributed by atoms with Crippen LogP contribution in [0, 0.1) is 11.8 Å². The number of nitrogens with zero attached hydrogens (tertiary/aromatic N) is 1. The summed E-state index contributed by atoms with van der Waals surface area (Å²) in [6.45, 7) is 2.39. The summed E-state index contributed by atoms with van der Waals surface area (Å²) in [7, 11) is 4.47. The first-order valence-electron chi connectivity index (χ1n) is 7.49. The van der Waals surface area contributed by atoms with Crippen LogP contribution in [0.2, 0.25) is 0 Å². The summed E-state index contributed by atoms with van der Waals surface area (Å²) >= 11 is 0. The predicted octanol–water partition coefficient (Wildman–Crippen LogP) is 3.01. The molecule has 0 aromatic rings. The summed E-state index contributed by atoms with van der Waals surface area (Å²) in [6, 6.07) is 0.396. The maximum atomic E-state index is 6.69. The highest BCUT2D eigenvalue weighted by atomic mass is 15.2. The van der Waals surface area contributed by atoms with E-state index < -0.39 is 0 Å². The minimum atomic E-state index is 0.311. The zero-order valence-corrected chi connectivity index (χ0v) is 11.9. The summed E-state index contributed by atoms with van der Waals surface area (Å²) < 4.78 is 0. The van der Waals surface area contributed by atoms with Gasteiger partial charge < -0.3 is 10.6 Å². The average Bonchev–Trinajstić information content (AvgIpc) is 2.79. The topological polar surface area (TPSA) is 29.3 Å². The van der Waals surface area contributed by atoms with Crippen molar-refractivity contribution in [1.29, 1.82) is 0 Å². The van der Waals surface area contributed by atoms with E-state index in [1.54, 1.807) is 0 Å². The van der Waals surface area contributed by atoms with E-state index in [4.69, 9.17) is 5.73 Å². The van der Waals surface area contributed by atoms with Crippen molar-refractivity contribution in [1.82, 2.24) is 4.90 Å². The molecule has 0 heterocycles. The molecule has 2 nitrogen and oxygen atoms in total. The van der Waals surface area contributed by atoms with E-state index in [0.29, 0.717) is 11.6 Å². The third kappa shape index (κ3) is 2.53. The molecule has 2 aliphatic rings. The van der Waals surface area contributed by atoms with Crippen LogP contribution in [0.25, 0.3) is 0 Å². The van der Waals surface area contributed by atoms with Gasteiger partial charge in [-0.1, -0.05) is 32.6 Å². The minimum absolute atomic E-state index is 0.311. The lowest BCUT2D eigenvalue weighted by Gasteiger charge is -2.46. The van der Waals surface area contributed by atoms with Crippen molar-refractivity contribution in [3.05, 3.63) is 0 Å². The van der Waals surface area contributed by atoms with E-state index in [0.717, 1.165) is 11.8 Å². The number of hydrogen-bond acceptors (Lipinski definition) is 2. The molecule has 0 amide bonds. The molecule has 0 aromatic heterocycles. The van der Waals surface area contributed by atoms with Crippen LogP contribution in [0.3, 0.4) is 0 Å². The molecule has 0 bridgehead atoms. The molecule has 2 fully saturated rings. The Balaban J connectivity index is 2.04. The lowest BCUT2D eigenvalue weighted by atomic mass is 9.72. The Morgan fingerprint density at radius 1 is 1.06 bits per heavy atom. The summed E-state index contributed by atoms with van der Waals surface area (Å²) in [5, 5.41) is 0. The second-order valence-corrected chi connectivity index (χ2v) is 6.75. The molecular formula is C15H30N2. The van der Waals surface area contributed by atoms with Crippen LogP contribution in [-0.4, -0.2) is 30.6 Å². The van der Waals surface area contributed by atoms with Gasteiger partial charge in [0.1, 0.15) is 0 Å². The Hall–Kier alpha value is -0.0800. The Morgan fingerprint density at radius 2 is 1.59 bits per heavy atom. The molecule has 0 aromatic carbocycles. The van der Waals surface area contributed by atoms with Crippen molar-refractivity contribution in [2.24, 2.45) is 17.6 Å². The van der Waals surface area contributed by atoms with Crippen LogP contribution >= 0.6 is 0 Å². The van der Waals surface area contributed by atoms with Gasteiger partial charge in [0.15, 0.2) is 0 Å². The number of likely N-dealkylation sites (N-methyl/N-ethyl adjacent to an activating group) is 1. The average molecular weight is 238 g/mol. The van der Waals surface area contributed by atoms with E-state index in [1.165, 1.54) is 51.4 Å². The second-order valence-electron chi connectivity index (χ2n) is 6.75. The van der Waals surface area contributed by atoms with Gasteiger partial charge in [-0.3, -0.25) is 0 Å². The normalized spacial score (nSPS) is 35.1. The smallest absolute Gasteiger partial charge is 0.0357 e. The van der Waals surface area contributed by atoms with Gasteiger partial charge in [0, 0.05) is 11.6 Å². The van der Waals surface area contributed by atoms with Crippen LogP contribution in [0.4, 0.5) is 0 Å². The zero-order valence-electron chi connectivity index (χ0n) is 11.9. The Labute approximate surface area is 107 Å². The quantitative estimate of drug-likeness (QED) is 0.819. The van der Waals surface area contributed by atoms with Gasteiger partial charge >= 0.3 is 0 Å². The standard InChI is InChI=1S/C15H30N2/c1-12-6-8-13(9-7-12)14(16)15(17(2)3)10-4-5-11-15/h12-14H,4-11,16H2,1-3H3. The fourth-order valence-electron chi connectivity index (χ4n) is 4.15. The second kappa shape index (κ2) is 5.27. The van der Waals surface area contributed by atoms with Gasteiger partial charge in [0.05, 0.1) is 0 Å². The van der Waals surface area contributed by atoms with Gasteiger partial charge in [-0.05, 0) is 51.6 Å². The van der Waals surface area contributed by atoms with Crippen molar-refractivity contribution in [3.8, 4) is 0 Å². The van der Waals surface area contributed by atoms with E-state index in [9.17, 15) is 0 Å². The highest BCUT2D eigenvalue weighted by Crippen LogP contribution is 2.42. The van der Waals surface area contributed by atoms with Crippen LogP contribution in [-0.2, 0) is 0 Å². The maximum Gasteiger partial charge on any atom is 0.0357 e. The molecule has 0 saturated heterocycles. The predicted molar refractivity (Wildman–Crippen MR) is 74.0 cm³/mol. The van der Waals surface area contributed by atoms with Crippen molar-refractivity contribution < 1.29 is 0 Å². The molecule has 2 N–H and O–H groups in total. The van der Waals surface area contributed by atoms with Crippen LogP contribution in [0.1, 0.15) is 58.3 Å². The lowest BCUT2D eigenvalue weighted by molar-refractivity contribution is 0.0766. The third-order valence-electron chi connectivity index (χ3n) is 5.55. The third-order valence-corrected chi connectivity index (χ3v) is 5.55.